The van der Waals surface area contributed by atoms with E-state index in [4.69, 9.17) is 23.2 Å². The summed E-state index contributed by atoms with van der Waals surface area (Å²) in [7, 11) is 0. The van der Waals surface area contributed by atoms with Crippen LogP contribution in [0.1, 0.15) is 31.7 Å². The maximum Gasteiger partial charge on any atom is 0.265 e. The van der Waals surface area contributed by atoms with Gasteiger partial charge in [-0.15, -0.1) is 0 Å². The second kappa shape index (κ2) is 8.04. The molecule has 0 fully saturated rings. The van der Waals surface area contributed by atoms with Gasteiger partial charge in [0.15, 0.2) is 0 Å². The zero-order valence-corrected chi connectivity index (χ0v) is 18.5. The topological polar surface area (TPSA) is 7.12 Å². The number of halogens is 2. The van der Waals surface area contributed by atoms with Crippen molar-refractivity contribution in [2.45, 2.75) is 38.1 Å². The number of rotatable bonds is 5. The molecular weight excluding hydrogens is 415 g/mol. The second-order valence-electron chi connectivity index (χ2n) is 6.55. The molecule has 0 spiro atoms. The van der Waals surface area contributed by atoms with Crippen molar-refractivity contribution in [3.05, 3.63) is 56.5 Å². The third-order valence-corrected chi connectivity index (χ3v) is 7.22. The summed E-state index contributed by atoms with van der Waals surface area (Å²) in [4.78, 5) is 3.66. The molecule has 4 rings (SSSR count). The maximum absolute atomic E-state index is 6.26. The summed E-state index contributed by atoms with van der Waals surface area (Å²) in [6.07, 6.45) is 4.49. The predicted molar refractivity (Wildman–Crippen MR) is 120 cm³/mol. The number of hydrogen-bond donors (Lipinski definition) is 0. The van der Waals surface area contributed by atoms with E-state index in [-0.39, 0.29) is 0 Å². The summed E-state index contributed by atoms with van der Waals surface area (Å²) in [5.74, 6) is 0. The molecule has 1 aliphatic rings. The summed E-state index contributed by atoms with van der Waals surface area (Å²) >= 11 is 16.2. The third-order valence-electron chi connectivity index (χ3n) is 4.53. The van der Waals surface area contributed by atoms with Crippen molar-refractivity contribution in [2.24, 2.45) is 0 Å². The van der Waals surface area contributed by atoms with Crippen molar-refractivity contribution < 1.29 is 4.57 Å². The van der Waals surface area contributed by atoms with E-state index < -0.39 is 0 Å². The maximum atomic E-state index is 6.26. The van der Waals surface area contributed by atoms with E-state index in [1.54, 1.807) is 0 Å². The number of thioether (sulfide) groups is 1. The first-order valence-corrected chi connectivity index (χ1v) is 11.6. The highest BCUT2D eigenvalue weighted by Crippen LogP contribution is 2.47. The summed E-state index contributed by atoms with van der Waals surface area (Å²) in [6.45, 7) is 6.39. The van der Waals surface area contributed by atoms with Crippen LogP contribution in [0, 0.1) is 0 Å². The van der Waals surface area contributed by atoms with Crippen LogP contribution in [0.4, 0.5) is 5.69 Å². The minimum atomic E-state index is 0.786. The molecular formula is C21H21Cl2N2S2+. The van der Waals surface area contributed by atoms with Gasteiger partial charge >= 0.3 is 0 Å². The lowest BCUT2D eigenvalue weighted by Crippen LogP contribution is -2.35. The van der Waals surface area contributed by atoms with E-state index in [1.165, 1.54) is 30.8 Å². The lowest BCUT2D eigenvalue weighted by molar-refractivity contribution is -0.668. The summed E-state index contributed by atoms with van der Waals surface area (Å²) < 4.78 is 3.66. The second-order valence-corrected chi connectivity index (χ2v) is 9.55. The van der Waals surface area contributed by atoms with Crippen LogP contribution in [0.5, 0.6) is 0 Å². The quantitative estimate of drug-likeness (QED) is 0.390. The lowest BCUT2D eigenvalue weighted by Gasteiger charge is -2.19. The Morgan fingerprint density at radius 1 is 1.04 bits per heavy atom. The highest BCUT2D eigenvalue weighted by atomic mass is 35.5. The first kappa shape index (κ1) is 19.1. The van der Waals surface area contributed by atoms with Gasteiger partial charge in [0.1, 0.15) is 11.2 Å². The molecule has 0 N–H and O–H groups in total. The zero-order chi connectivity index (χ0) is 19.0. The van der Waals surface area contributed by atoms with Crippen LogP contribution >= 0.6 is 46.3 Å². The van der Waals surface area contributed by atoms with E-state index in [1.807, 2.05) is 35.2 Å². The number of aromatic nitrogens is 1. The Hall–Kier alpha value is -1.20. The molecule has 0 atom stereocenters. The Bertz CT molecular complexity index is 1030. The van der Waals surface area contributed by atoms with Gasteiger partial charge in [-0.25, -0.2) is 0 Å². The van der Waals surface area contributed by atoms with Crippen molar-refractivity contribution in [3.8, 4) is 0 Å². The van der Waals surface area contributed by atoms with Gasteiger partial charge in [0, 0.05) is 34.0 Å². The van der Waals surface area contributed by atoms with Gasteiger partial charge in [-0.3, -0.25) is 0 Å². The normalized spacial score (nSPS) is 15.1. The van der Waals surface area contributed by atoms with Crippen LogP contribution in [0.25, 0.3) is 16.3 Å². The van der Waals surface area contributed by atoms with E-state index in [9.17, 15) is 0 Å². The molecule has 1 aromatic heterocycles. The Labute approximate surface area is 178 Å². The largest absolute Gasteiger partial charge is 0.335 e. The molecule has 2 heterocycles. The summed E-state index contributed by atoms with van der Waals surface area (Å²) in [5.41, 5.74) is 2.43. The summed E-state index contributed by atoms with van der Waals surface area (Å²) in [5, 5.41) is 4.09. The molecule has 3 aromatic rings. The van der Waals surface area contributed by atoms with Crippen LogP contribution in [-0.4, -0.2) is 6.54 Å². The number of aryl methyl sites for hydroxylation is 1. The first-order valence-electron chi connectivity index (χ1n) is 9.19. The van der Waals surface area contributed by atoms with Crippen molar-refractivity contribution >= 4 is 68.3 Å². The fourth-order valence-corrected chi connectivity index (χ4v) is 6.00. The van der Waals surface area contributed by atoms with E-state index in [0.717, 1.165) is 36.0 Å². The highest BCUT2D eigenvalue weighted by Gasteiger charge is 2.27. The number of nitrogens with zero attached hydrogens (tertiary/aromatic N) is 2. The van der Waals surface area contributed by atoms with Gasteiger partial charge in [0.05, 0.1) is 16.8 Å². The molecule has 0 unspecified atom stereocenters. The van der Waals surface area contributed by atoms with Gasteiger partial charge in [-0.1, -0.05) is 60.1 Å². The van der Waals surface area contributed by atoms with Gasteiger partial charge in [0.2, 0.25) is 5.52 Å². The molecule has 0 radical (unpaired) electrons. The van der Waals surface area contributed by atoms with Crippen molar-refractivity contribution in [1.82, 2.24) is 0 Å². The van der Waals surface area contributed by atoms with Gasteiger partial charge in [-0.2, -0.15) is 4.57 Å². The van der Waals surface area contributed by atoms with Crippen molar-refractivity contribution in [3.63, 3.8) is 0 Å². The number of thiazole rings is 1. The monoisotopic (exact) mass is 435 g/mol. The molecule has 0 amide bonds. The SMILES string of the molecule is CCCN1C(=Cc2sc3ccc(Cl)cc3[n+]2CCC)Sc2ccc(Cl)cc21. The Kier molecular flexibility index (Phi) is 5.70. The predicted octanol–water partition coefficient (Wildman–Crippen LogP) is 7.23. The van der Waals surface area contributed by atoms with Crippen LogP contribution in [0.15, 0.2) is 46.3 Å². The fraction of sp³-hybridized carbons (Fsp3) is 0.286. The van der Waals surface area contributed by atoms with Crippen LogP contribution in [0.3, 0.4) is 0 Å². The molecule has 2 aromatic carbocycles. The smallest absolute Gasteiger partial charge is 0.265 e. The third kappa shape index (κ3) is 3.73. The molecule has 0 saturated carbocycles. The van der Waals surface area contributed by atoms with Crippen molar-refractivity contribution in [1.29, 1.82) is 0 Å². The van der Waals surface area contributed by atoms with E-state index >= 15 is 0 Å². The Balaban J connectivity index is 1.82. The average molecular weight is 436 g/mol. The molecule has 1 aliphatic heterocycles. The van der Waals surface area contributed by atoms with Gasteiger partial charge < -0.3 is 4.90 Å². The fourth-order valence-electron chi connectivity index (χ4n) is 3.38. The standard InChI is InChI=1S/C21H21Cl2N2S2/c1-3-9-24-16-11-14(22)5-7-18(16)26-20(24)13-21-25(10-4-2)17-12-15(23)6-8-19(17)27-21/h5-8,11-13H,3-4,9-10H2,1-2H3/q+1. The molecule has 0 saturated heterocycles. The molecule has 140 valence electrons. The number of fused-ring (bicyclic) bond motifs is 2. The van der Waals surface area contributed by atoms with E-state index in [0.29, 0.717) is 0 Å². The molecule has 6 heteroatoms. The molecule has 2 nitrogen and oxygen atoms in total. The lowest BCUT2D eigenvalue weighted by atomic mass is 10.2. The van der Waals surface area contributed by atoms with Gasteiger partial charge in [0.25, 0.3) is 5.01 Å². The Morgan fingerprint density at radius 3 is 2.59 bits per heavy atom. The number of hydrogen-bond acceptors (Lipinski definition) is 3. The Morgan fingerprint density at radius 2 is 1.81 bits per heavy atom. The minimum Gasteiger partial charge on any atom is -0.335 e. The summed E-state index contributed by atoms with van der Waals surface area (Å²) in [6, 6.07) is 12.3. The average Bonchev–Trinajstić information content (AvgIpc) is 3.15. The van der Waals surface area contributed by atoms with Gasteiger partial charge in [-0.05, 0) is 36.8 Å². The van der Waals surface area contributed by atoms with E-state index in [2.05, 4.69) is 53.7 Å². The van der Waals surface area contributed by atoms with Crippen LogP contribution in [-0.2, 0) is 6.54 Å². The van der Waals surface area contributed by atoms with Crippen molar-refractivity contribution in [2.75, 3.05) is 11.4 Å². The van der Waals surface area contributed by atoms with Crippen LogP contribution in [0.2, 0.25) is 10.0 Å². The first-order chi connectivity index (χ1) is 13.1. The highest BCUT2D eigenvalue weighted by molar-refractivity contribution is 8.03. The molecule has 0 aliphatic carbocycles. The molecule has 27 heavy (non-hydrogen) atoms. The number of anilines is 1. The zero-order valence-electron chi connectivity index (χ0n) is 15.3. The minimum absolute atomic E-state index is 0.786. The number of benzene rings is 2. The molecule has 0 bridgehead atoms. The van der Waals surface area contributed by atoms with Crippen LogP contribution < -0.4 is 9.47 Å².